The molecule has 4 nitrogen and oxygen atoms in total. The van der Waals surface area contributed by atoms with Crippen LogP contribution >= 0.6 is 22.9 Å². The number of thiophene rings is 1. The van der Waals surface area contributed by atoms with Crippen molar-refractivity contribution >= 4 is 34.5 Å². The zero-order chi connectivity index (χ0) is 18.5. The third-order valence-electron chi connectivity index (χ3n) is 3.76. The predicted octanol–water partition coefficient (Wildman–Crippen LogP) is 5.55. The fourth-order valence-electron chi connectivity index (χ4n) is 2.37. The van der Waals surface area contributed by atoms with Crippen LogP contribution in [0, 0.1) is 6.92 Å². The second kappa shape index (κ2) is 8.25. The molecule has 1 heterocycles. The Bertz CT molecular complexity index is 906. The molecule has 3 aromatic rings. The number of anilines is 1. The van der Waals surface area contributed by atoms with Gasteiger partial charge < -0.3 is 14.8 Å². The van der Waals surface area contributed by atoms with Gasteiger partial charge in [-0.15, -0.1) is 11.3 Å². The van der Waals surface area contributed by atoms with Gasteiger partial charge in [-0.1, -0.05) is 11.6 Å². The lowest BCUT2D eigenvalue weighted by Gasteiger charge is -2.08. The van der Waals surface area contributed by atoms with Crippen LogP contribution in [0.25, 0.3) is 0 Å². The zero-order valence-corrected chi connectivity index (χ0v) is 16.0. The highest BCUT2D eigenvalue weighted by atomic mass is 35.5. The largest absolute Gasteiger partial charge is 0.497 e. The van der Waals surface area contributed by atoms with Crippen molar-refractivity contribution in [1.82, 2.24) is 0 Å². The fraction of sp³-hybridized carbons (Fsp3) is 0.150. The summed E-state index contributed by atoms with van der Waals surface area (Å²) in [6.45, 7) is 2.34. The normalized spacial score (nSPS) is 10.4. The van der Waals surface area contributed by atoms with Crippen LogP contribution in [-0.2, 0) is 6.61 Å². The van der Waals surface area contributed by atoms with Crippen molar-refractivity contribution in [3.8, 4) is 11.5 Å². The Morgan fingerprint density at radius 3 is 2.62 bits per heavy atom. The first-order chi connectivity index (χ1) is 12.5. The van der Waals surface area contributed by atoms with Crippen molar-refractivity contribution in [3.63, 3.8) is 0 Å². The molecule has 0 saturated carbocycles. The molecule has 0 fully saturated rings. The van der Waals surface area contributed by atoms with Gasteiger partial charge in [0.25, 0.3) is 5.91 Å². The van der Waals surface area contributed by atoms with Crippen molar-refractivity contribution in [1.29, 1.82) is 0 Å². The summed E-state index contributed by atoms with van der Waals surface area (Å²) in [5, 5.41) is 5.48. The van der Waals surface area contributed by atoms with Gasteiger partial charge in [0, 0.05) is 16.3 Å². The number of carbonyl (C=O) groups is 1. The van der Waals surface area contributed by atoms with Gasteiger partial charge >= 0.3 is 0 Å². The molecule has 3 rings (SSSR count). The van der Waals surface area contributed by atoms with E-state index in [1.807, 2.05) is 30.5 Å². The van der Waals surface area contributed by atoms with Gasteiger partial charge in [0.1, 0.15) is 18.1 Å². The lowest BCUT2D eigenvalue weighted by Crippen LogP contribution is -2.10. The molecule has 1 amide bonds. The van der Waals surface area contributed by atoms with Crippen LogP contribution < -0.4 is 14.8 Å². The number of methoxy groups -OCH3 is 1. The highest BCUT2D eigenvalue weighted by Gasteiger charge is 2.10. The molecule has 0 unspecified atom stereocenters. The Morgan fingerprint density at radius 1 is 1.15 bits per heavy atom. The van der Waals surface area contributed by atoms with E-state index in [9.17, 15) is 4.79 Å². The fourth-order valence-corrected chi connectivity index (χ4v) is 3.39. The van der Waals surface area contributed by atoms with Gasteiger partial charge in [0.05, 0.1) is 12.0 Å². The Labute approximate surface area is 161 Å². The van der Waals surface area contributed by atoms with E-state index in [0.29, 0.717) is 16.5 Å². The maximum Gasteiger partial charge on any atom is 0.265 e. The molecule has 0 aliphatic carbocycles. The average Bonchev–Trinajstić information content (AvgIpc) is 3.11. The topological polar surface area (TPSA) is 47.6 Å². The summed E-state index contributed by atoms with van der Waals surface area (Å²) >= 11 is 7.34. The highest BCUT2D eigenvalue weighted by Crippen LogP contribution is 2.24. The summed E-state index contributed by atoms with van der Waals surface area (Å²) in [7, 11) is 1.61. The molecule has 134 valence electrons. The van der Waals surface area contributed by atoms with E-state index in [0.717, 1.165) is 28.3 Å². The minimum atomic E-state index is -0.144. The number of nitrogens with one attached hydrogen (secondary N) is 1. The molecule has 0 aliphatic heterocycles. The van der Waals surface area contributed by atoms with E-state index < -0.39 is 0 Å². The van der Waals surface area contributed by atoms with Gasteiger partial charge in [-0.25, -0.2) is 0 Å². The number of carbonyl (C=O) groups excluding carboxylic acids is 1. The van der Waals surface area contributed by atoms with Crippen molar-refractivity contribution in [2.24, 2.45) is 0 Å². The number of aryl methyl sites for hydroxylation is 1. The predicted molar refractivity (Wildman–Crippen MR) is 106 cm³/mol. The Kier molecular flexibility index (Phi) is 5.81. The summed E-state index contributed by atoms with van der Waals surface area (Å²) in [5.74, 6) is 1.38. The van der Waals surface area contributed by atoms with Crippen LogP contribution in [0.15, 0.2) is 53.9 Å². The molecule has 0 atom stereocenters. The standard InChI is InChI=1S/C20H18ClNO3S/c1-13-9-15(21)3-8-18(13)25-11-14-10-19(26-12-14)20(23)22-16-4-6-17(24-2)7-5-16/h3-10,12H,11H2,1-2H3,(H,22,23). The first-order valence-corrected chi connectivity index (χ1v) is 9.22. The zero-order valence-electron chi connectivity index (χ0n) is 14.4. The van der Waals surface area contributed by atoms with Gasteiger partial charge in [-0.05, 0) is 66.4 Å². The van der Waals surface area contributed by atoms with E-state index in [1.165, 1.54) is 11.3 Å². The van der Waals surface area contributed by atoms with Crippen molar-refractivity contribution in [2.45, 2.75) is 13.5 Å². The Morgan fingerprint density at radius 2 is 1.92 bits per heavy atom. The van der Waals surface area contributed by atoms with E-state index >= 15 is 0 Å². The molecule has 26 heavy (non-hydrogen) atoms. The molecule has 6 heteroatoms. The summed E-state index contributed by atoms with van der Waals surface area (Å²) < 4.78 is 10.9. The number of benzene rings is 2. The molecule has 0 saturated heterocycles. The number of halogens is 1. The van der Waals surface area contributed by atoms with Gasteiger partial charge in [-0.3, -0.25) is 4.79 Å². The number of hydrogen-bond acceptors (Lipinski definition) is 4. The van der Waals surface area contributed by atoms with Crippen LogP contribution in [0.1, 0.15) is 20.8 Å². The van der Waals surface area contributed by atoms with Crippen molar-refractivity contribution in [3.05, 3.63) is 74.9 Å². The minimum Gasteiger partial charge on any atom is -0.497 e. The summed E-state index contributed by atoms with van der Waals surface area (Å²) in [6, 6.07) is 14.6. The highest BCUT2D eigenvalue weighted by molar-refractivity contribution is 7.12. The summed E-state index contributed by atoms with van der Waals surface area (Å²) in [5.41, 5.74) is 2.65. The van der Waals surface area contributed by atoms with E-state index in [-0.39, 0.29) is 5.91 Å². The van der Waals surface area contributed by atoms with Gasteiger partial charge in [-0.2, -0.15) is 0 Å². The van der Waals surface area contributed by atoms with E-state index in [4.69, 9.17) is 21.1 Å². The monoisotopic (exact) mass is 387 g/mol. The third-order valence-corrected chi connectivity index (χ3v) is 4.97. The Hall–Kier alpha value is -2.50. The molecule has 1 N–H and O–H groups in total. The quantitative estimate of drug-likeness (QED) is 0.603. The van der Waals surface area contributed by atoms with Crippen molar-refractivity contribution in [2.75, 3.05) is 12.4 Å². The number of hydrogen-bond donors (Lipinski definition) is 1. The summed E-state index contributed by atoms with van der Waals surface area (Å²) in [4.78, 5) is 13.0. The lowest BCUT2D eigenvalue weighted by atomic mass is 10.2. The SMILES string of the molecule is COc1ccc(NC(=O)c2cc(COc3ccc(Cl)cc3C)cs2)cc1. The minimum absolute atomic E-state index is 0.144. The van der Waals surface area contributed by atoms with Crippen molar-refractivity contribution < 1.29 is 14.3 Å². The van der Waals surface area contributed by atoms with Gasteiger partial charge in [0.15, 0.2) is 0 Å². The molecule has 2 aromatic carbocycles. The van der Waals surface area contributed by atoms with Crippen LogP contribution in [0.5, 0.6) is 11.5 Å². The molecule has 0 aliphatic rings. The maximum atomic E-state index is 12.4. The number of amides is 1. The number of rotatable bonds is 6. The number of ether oxygens (including phenoxy) is 2. The smallest absolute Gasteiger partial charge is 0.265 e. The van der Waals surface area contributed by atoms with Crippen LogP contribution in [0.4, 0.5) is 5.69 Å². The lowest BCUT2D eigenvalue weighted by molar-refractivity contribution is 0.103. The van der Waals surface area contributed by atoms with E-state index in [1.54, 1.807) is 37.4 Å². The molecular weight excluding hydrogens is 370 g/mol. The Balaban J connectivity index is 1.60. The maximum absolute atomic E-state index is 12.4. The molecule has 1 aromatic heterocycles. The first-order valence-electron chi connectivity index (χ1n) is 7.97. The molecule has 0 radical (unpaired) electrons. The second-order valence-electron chi connectivity index (χ2n) is 5.70. The van der Waals surface area contributed by atoms with Crippen LogP contribution in [0.3, 0.4) is 0 Å². The van der Waals surface area contributed by atoms with Gasteiger partial charge in [0.2, 0.25) is 0 Å². The van der Waals surface area contributed by atoms with E-state index in [2.05, 4.69) is 5.32 Å². The average molecular weight is 388 g/mol. The van der Waals surface area contributed by atoms with Crippen LogP contribution in [0.2, 0.25) is 5.02 Å². The molecule has 0 bridgehead atoms. The van der Waals surface area contributed by atoms with Crippen LogP contribution in [-0.4, -0.2) is 13.0 Å². The first kappa shape index (κ1) is 18.3. The molecular formula is C20H18ClNO3S. The third kappa shape index (κ3) is 4.56. The second-order valence-corrected chi connectivity index (χ2v) is 7.05. The molecule has 0 spiro atoms. The summed E-state index contributed by atoms with van der Waals surface area (Å²) in [6.07, 6.45) is 0.